The van der Waals surface area contributed by atoms with Gasteiger partial charge in [0.05, 0.1) is 0 Å². The molecule has 22 heavy (non-hydrogen) atoms. The van der Waals surface area contributed by atoms with Crippen LogP contribution in [0.1, 0.15) is 24.0 Å². The Morgan fingerprint density at radius 2 is 1.18 bits per heavy atom. The second kappa shape index (κ2) is 12.3. The minimum Gasteiger partial charge on any atom is -0.396 e. The molecule has 1 N–H and O–H groups in total. The van der Waals surface area contributed by atoms with E-state index in [2.05, 4.69) is 72.1 Å². The second-order valence-electron chi connectivity index (χ2n) is 4.80. The predicted molar refractivity (Wildman–Crippen MR) is 106 cm³/mol. The number of aliphatic hydroxyl groups excluding tert-OH is 1. The first-order valence-corrected chi connectivity index (χ1v) is 10.0. The molecule has 0 radical (unpaired) electrons. The highest BCUT2D eigenvalue weighted by molar-refractivity contribution is 9.10. The van der Waals surface area contributed by atoms with Crippen molar-refractivity contribution in [1.29, 1.82) is 0 Å². The predicted octanol–water partition coefficient (Wildman–Crippen LogP) is 6.15. The summed E-state index contributed by atoms with van der Waals surface area (Å²) in [6.45, 7) is 0.265. The van der Waals surface area contributed by atoms with Crippen LogP contribution in [0.5, 0.6) is 0 Å². The van der Waals surface area contributed by atoms with Gasteiger partial charge in [-0.05, 0) is 48.9 Å². The summed E-state index contributed by atoms with van der Waals surface area (Å²) in [7, 11) is 0. The molecule has 0 spiro atoms. The van der Waals surface area contributed by atoms with Gasteiger partial charge in [-0.15, -0.1) is 0 Å². The molecular formula is C18H21Br3O. The minimum absolute atomic E-state index is 0.265. The Balaban J connectivity index is 0.000000220. The van der Waals surface area contributed by atoms with Gasteiger partial charge in [0.15, 0.2) is 0 Å². The summed E-state index contributed by atoms with van der Waals surface area (Å²) < 4.78 is 2.36. The molecule has 0 aliphatic rings. The third-order valence-corrected chi connectivity index (χ3v) is 5.21. The van der Waals surface area contributed by atoms with Gasteiger partial charge in [0, 0.05) is 20.9 Å². The lowest BCUT2D eigenvalue weighted by Crippen LogP contribution is -1.89. The highest BCUT2D eigenvalue weighted by Gasteiger charge is 1.96. The number of aryl methyl sites for hydroxylation is 2. The fraction of sp³-hybridized carbons (Fsp3) is 0.333. The van der Waals surface area contributed by atoms with E-state index in [1.807, 2.05) is 24.3 Å². The average molecular weight is 493 g/mol. The van der Waals surface area contributed by atoms with Crippen LogP contribution in [0, 0.1) is 0 Å². The molecular weight excluding hydrogens is 472 g/mol. The number of halogens is 3. The zero-order chi connectivity index (χ0) is 16.2. The van der Waals surface area contributed by atoms with Gasteiger partial charge in [-0.2, -0.15) is 0 Å². The zero-order valence-electron chi connectivity index (χ0n) is 12.4. The molecule has 0 atom stereocenters. The zero-order valence-corrected chi connectivity index (χ0v) is 17.2. The van der Waals surface area contributed by atoms with E-state index in [1.54, 1.807) is 0 Å². The standard InChI is InChI=1S/C9H10Br2.C9H11BrO/c10-7-3-5-8-4-1-2-6-9(8)11;10-9-6-2-1-4-8(9)5-3-7-11/h1-2,4,6H,3,5,7H2;1-2,4,6,11H,3,5,7H2. The maximum atomic E-state index is 8.60. The lowest BCUT2D eigenvalue weighted by molar-refractivity contribution is 0.288. The van der Waals surface area contributed by atoms with Crippen molar-refractivity contribution in [3.63, 3.8) is 0 Å². The summed E-state index contributed by atoms with van der Waals surface area (Å²) in [6.07, 6.45) is 4.12. The average Bonchev–Trinajstić information content (AvgIpc) is 2.54. The van der Waals surface area contributed by atoms with Crippen LogP contribution in [0.4, 0.5) is 0 Å². The molecule has 120 valence electrons. The molecule has 0 aromatic heterocycles. The van der Waals surface area contributed by atoms with E-state index >= 15 is 0 Å². The van der Waals surface area contributed by atoms with Gasteiger partial charge < -0.3 is 5.11 Å². The van der Waals surface area contributed by atoms with Gasteiger partial charge in [0.25, 0.3) is 0 Å². The van der Waals surface area contributed by atoms with E-state index in [1.165, 1.54) is 22.0 Å². The minimum atomic E-state index is 0.265. The van der Waals surface area contributed by atoms with Crippen molar-refractivity contribution in [1.82, 2.24) is 0 Å². The fourth-order valence-electron chi connectivity index (χ4n) is 1.93. The van der Waals surface area contributed by atoms with Gasteiger partial charge >= 0.3 is 0 Å². The Labute approximate surface area is 158 Å². The second-order valence-corrected chi connectivity index (χ2v) is 7.30. The van der Waals surface area contributed by atoms with Crippen LogP contribution in [-0.4, -0.2) is 17.0 Å². The number of hydrogen-bond donors (Lipinski definition) is 1. The normalized spacial score (nSPS) is 10.0. The van der Waals surface area contributed by atoms with Gasteiger partial charge in [0.2, 0.25) is 0 Å². The third-order valence-electron chi connectivity index (χ3n) is 3.10. The first-order chi connectivity index (χ1) is 10.7. The maximum Gasteiger partial charge on any atom is 0.0434 e. The number of alkyl halides is 1. The maximum absolute atomic E-state index is 8.60. The Morgan fingerprint density at radius 3 is 1.59 bits per heavy atom. The van der Waals surface area contributed by atoms with E-state index in [-0.39, 0.29) is 6.61 Å². The SMILES string of the molecule is BrCCCc1ccccc1Br.OCCCc1ccccc1Br. The van der Waals surface area contributed by atoms with Crippen LogP contribution >= 0.6 is 47.8 Å². The molecule has 0 amide bonds. The van der Waals surface area contributed by atoms with Crippen LogP contribution in [0.25, 0.3) is 0 Å². The third kappa shape index (κ3) is 7.91. The molecule has 0 aliphatic heterocycles. The molecule has 0 heterocycles. The molecule has 0 fully saturated rings. The van der Waals surface area contributed by atoms with Gasteiger partial charge in [-0.25, -0.2) is 0 Å². The van der Waals surface area contributed by atoms with Crippen molar-refractivity contribution < 1.29 is 5.11 Å². The van der Waals surface area contributed by atoms with Crippen molar-refractivity contribution in [2.24, 2.45) is 0 Å². The van der Waals surface area contributed by atoms with Crippen molar-refractivity contribution in [2.75, 3.05) is 11.9 Å². The summed E-state index contributed by atoms with van der Waals surface area (Å²) in [5.41, 5.74) is 2.66. The molecule has 0 saturated carbocycles. The van der Waals surface area contributed by atoms with Crippen LogP contribution in [0.15, 0.2) is 57.5 Å². The van der Waals surface area contributed by atoms with Crippen molar-refractivity contribution in [3.05, 3.63) is 68.6 Å². The molecule has 0 saturated heterocycles. The number of hydrogen-bond acceptors (Lipinski definition) is 1. The molecule has 4 heteroatoms. The Kier molecular flexibility index (Phi) is 11.1. The Hall–Kier alpha value is -0.160. The molecule has 0 unspecified atom stereocenters. The van der Waals surface area contributed by atoms with Crippen molar-refractivity contribution >= 4 is 47.8 Å². The number of benzene rings is 2. The largest absolute Gasteiger partial charge is 0.396 e. The number of rotatable bonds is 6. The first-order valence-electron chi connectivity index (χ1n) is 7.32. The quantitative estimate of drug-likeness (QED) is 0.479. The highest BCUT2D eigenvalue weighted by atomic mass is 79.9. The fourth-order valence-corrected chi connectivity index (χ4v) is 3.18. The first kappa shape index (κ1) is 19.9. The lowest BCUT2D eigenvalue weighted by Gasteiger charge is -2.00. The van der Waals surface area contributed by atoms with Gasteiger partial charge in [-0.3, -0.25) is 0 Å². The summed E-state index contributed by atoms with van der Waals surface area (Å²) in [5, 5.41) is 9.68. The molecule has 2 rings (SSSR count). The topological polar surface area (TPSA) is 20.2 Å². The molecule has 2 aromatic carbocycles. The van der Waals surface area contributed by atoms with Crippen LogP contribution in [-0.2, 0) is 12.8 Å². The van der Waals surface area contributed by atoms with E-state index in [0.29, 0.717) is 0 Å². The highest BCUT2D eigenvalue weighted by Crippen LogP contribution is 2.18. The molecule has 0 bridgehead atoms. The molecule has 1 nitrogen and oxygen atoms in total. The van der Waals surface area contributed by atoms with Crippen molar-refractivity contribution in [3.8, 4) is 0 Å². The number of aliphatic hydroxyl groups is 1. The Morgan fingerprint density at radius 1 is 0.727 bits per heavy atom. The lowest BCUT2D eigenvalue weighted by atomic mass is 10.1. The smallest absolute Gasteiger partial charge is 0.0434 e. The summed E-state index contributed by atoms with van der Waals surface area (Å²) in [4.78, 5) is 0. The monoisotopic (exact) mass is 490 g/mol. The van der Waals surface area contributed by atoms with Crippen LogP contribution in [0.3, 0.4) is 0 Å². The van der Waals surface area contributed by atoms with Crippen molar-refractivity contribution in [2.45, 2.75) is 25.7 Å². The van der Waals surface area contributed by atoms with E-state index in [9.17, 15) is 0 Å². The summed E-state index contributed by atoms with van der Waals surface area (Å²) in [5.74, 6) is 0. The van der Waals surface area contributed by atoms with Gasteiger partial charge in [0.1, 0.15) is 0 Å². The van der Waals surface area contributed by atoms with Gasteiger partial charge in [-0.1, -0.05) is 84.2 Å². The molecule has 2 aromatic rings. The summed E-state index contributed by atoms with van der Waals surface area (Å²) in [6, 6.07) is 16.5. The summed E-state index contributed by atoms with van der Waals surface area (Å²) >= 11 is 10.4. The van der Waals surface area contributed by atoms with Crippen LogP contribution < -0.4 is 0 Å². The van der Waals surface area contributed by atoms with Crippen LogP contribution in [0.2, 0.25) is 0 Å². The Bertz CT molecular complexity index is 494. The molecule has 0 aliphatic carbocycles. The van der Waals surface area contributed by atoms with E-state index < -0.39 is 0 Å². The van der Waals surface area contributed by atoms with E-state index in [0.717, 1.165) is 29.1 Å². The van der Waals surface area contributed by atoms with E-state index in [4.69, 9.17) is 5.11 Å².